The largest absolute Gasteiger partial charge is 0.507 e. The van der Waals surface area contributed by atoms with Gasteiger partial charge in [-0.2, -0.15) is 0 Å². The van der Waals surface area contributed by atoms with Crippen LogP contribution in [0.2, 0.25) is 0 Å². The Morgan fingerprint density at radius 2 is 1.72 bits per heavy atom. The molecule has 0 amide bonds. The molecule has 0 saturated heterocycles. The fourth-order valence-electron chi connectivity index (χ4n) is 2.04. The zero-order valence-electron chi connectivity index (χ0n) is 10.2. The van der Waals surface area contributed by atoms with Crippen molar-refractivity contribution in [3.8, 4) is 16.9 Å². The van der Waals surface area contributed by atoms with Crippen molar-refractivity contribution in [2.75, 3.05) is 0 Å². The Hall–Kier alpha value is -1.61. The van der Waals surface area contributed by atoms with E-state index in [4.69, 9.17) is 0 Å². The van der Waals surface area contributed by atoms with Gasteiger partial charge in [0.05, 0.1) is 5.56 Å². The van der Waals surface area contributed by atoms with Gasteiger partial charge in [-0.3, -0.25) is 4.79 Å². The summed E-state index contributed by atoms with van der Waals surface area (Å²) in [5.74, 6) is -0.0761. The van der Waals surface area contributed by atoms with Crippen molar-refractivity contribution in [3.63, 3.8) is 0 Å². The van der Waals surface area contributed by atoms with Gasteiger partial charge in [-0.15, -0.1) is 0 Å². The zero-order chi connectivity index (χ0) is 13.3. The first-order valence-corrected chi connectivity index (χ1v) is 6.39. The van der Waals surface area contributed by atoms with Gasteiger partial charge in [-0.1, -0.05) is 34.1 Å². The summed E-state index contributed by atoms with van der Waals surface area (Å²) in [6.07, 6.45) is 0. The molecule has 0 fully saturated rings. The van der Waals surface area contributed by atoms with E-state index in [1.54, 1.807) is 6.07 Å². The summed E-state index contributed by atoms with van der Waals surface area (Å²) in [6.45, 7) is 3.29. The molecule has 0 heterocycles. The molecule has 2 aromatic carbocycles. The SMILES string of the molecule is CC(=O)c1c(C)cc(-c2ccc(Br)cc2)cc1O. The Morgan fingerprint density at radius 1 is 1.11 bits per heavy atom. The van der Waals surface area contributed by atoms with Gasteiger partial charge in [0.2, 0.25) is 0 Å². The van der Waals surface area contributed by atoms with Gasteiger partial charge < -0.3 is 5.11 Å². The summed E-state index contributed by atoms with van der Waals surface area (Å²) >= 11 is 3.38. The minimum absolute atomic E-state index is 0.0421. The number of hydrogen-bond acceptors (Lipinski definition) is 2. The van der Waals surface area contributed by atoms with Crippen molar-refractivity contribution in [1.82, 2.24) is 0 Å². The number of halogens is 1. The van der Waals surface area contributed by atoms with Crippen LogP contribution in [0.1, 0.15) is 22.8 Å². The third kappa shape index (κ3) is 2.46. The number of aromatic hydroxyl groups is 1. The summed E-state index contributed by atoms with van der Waals surface area (Å²) < 4.78 is 1.01. The number of ketones is 1. The topological polar surface area (TPSA) is 37.3 Å². The highest BCUT2D eigenvalue weighted by molar-refractivity contribution is 9.10. The molecule has 0 unspecified atom stereocenters. The average Bonchev–Trinajstić information content (AvgIpc) is 2.28. The van der Waals surface area contributed by atoms with Crippen LogP contribution < -0.4 is 0 Å². The Morgan fingerprint density at radius 3 is 2.22 bits per heavy atom. The van der Waals surface area contributed by atoms with Gasteiger partial charge in [-0.25, -0.2) is 0 Å². The molecule has 0 aromatic heterocycles. The minimum atomic E-state index is -0.118. The molecule has 18 heavy (non-hydrogen) atoms. The molecule has 0 atom stereocenters. The van der Waals surface area contributed by atoms with Gasteiger partial charge in [0.1, 0.15) is 5.75 Å². The van der Waals surface area contributed by atoms with Crippen LogP contribution in [0.3, 0.4) is 0 Å². The molecular formula is C15H13BrO2. The lowest BCUT2D eigenvalue weighted by Gasteiger charge is -2.09. The lowest BCUT2D eigenvalue weighted by Crippen LogP contribution is -1.97. The van der Waals surface area contributed by atoms with Crippen LogP contribution in [0.5, 0.6) is 5.75 Å². The van der Waals surface area contributed by atoms with Crippen LogP contribution in [0.4, 0.5) is 0 Å². The van der Waals surface area contributed by atoms with Crippen LogP contribution in [-0.2, 0) is 0 Å². The van der Waals surface area contributed by atoms with Gasteiger partial charge in [0.25, 0.3) is 0 Å². The van der Waals surface area contributed by atoms with E-state index in [0.29, 0.717) is 5.56 Å². The normalized spacial score (nSPS) is 10.4. The highest BCUT2D eigenvalue weighted by Crippen LogP contribution is 2.30. The predicted molar refractivity (Wildman–Crippen MR) is 76.0 cm³/mol. The van der Waals surface area contributed by atoms with Crippen LogP contribution in [0.25, 0.3) is 11.1 Å². The van der Waals surface area contributed by atoms with E-state index < -0.39 is 0 Å². The second kappa shape index (κ2) is 4.94. The maximum absolute atomic E-state index is 11.4. The third-order valence-electron chi connectivity index (χ3n) is 2.84. The van der Waals surface area contributed by atoms with Crippen LogP contribution >= 0.6 is 15.9 Å². The number of phenols is 1. The van der Waals surface area contributed by atoms with Crippen molar-refractivity contribution in [1.29, 1.82) is 0 Å². The summed E-state index contributed by atoms with van der Waals surface area (Å²) in [7, 11) is 0. The number of rotatable bonds is 2. The molecule has 1 N–H and O–H groups in total. The summed E-state index contributed by atoms with van der Waals surface area (Å²) in [5.41, 5.74) is 3.10. The van der Waals surface area contributed by atoms with Crippen molar-refractivity contribution < 1.29 is 9.90 Å². The maximum Gasteiger partial charge on any atom is 0.163 e. The first-order valence-electron chi connectivity index (χ1n) is 5.59. The van der Waals surface area contributed by atoms with Gasteiger partial charge >= 0.3 is 0 Å². The molecule has 2 aromatic rings. The monoisotopic (exact) mass is 304 g/mol. The van der Waals surface area contributed by atoms with Gasteiger partial charge in [0.15, 0.2) is 5.78 Å². The average molecular weight is 305 g/mol. The number of carbonyl (C=O) groups excluding carboxylic acids is 1. The molecule has 0 aliphatic heterocycles. The Labute approximate surface area is 114 Å². The fourth-order valence-corrected chi connectivity index (χ4v) is 2.30. The second-order valence-electron chi connectivity index (χ2n) is 4.25. The Kier molecular flexibility index (Phi) is 3.53. The molecule has 0 spiro atoms. The Balaban J connectivity index is 2.54. The van der Waals surface area contributed by atoms with E-state index in [-0.39, 0.29) is 11.5 Å². The highest BCUT2D eigenvalue weighted by Gasteiger charge is 2.12. The highest BCUT2D eigenvalue weighted by atomic mass is 79.9. The fraction of sp³-hybridized carbons (Fsp3) is 0.133. The van der Waals surface area contributed by atoms with Crippen LogP contribution in [0, 0.1) is 6.92 Å². The predicted octanol–water partition coefficient (Wildman–Crippen LogP) is 4.33. The number of benzene rings is 2. The molecule has 0 bridgehead atoms. The van der Waals surface area contributed by atoms with E-state index in [1.807, 2.05) is 37.3 Å². The third-order valence-corrected chi connectivity index (χ3v) is 3.37. The number of phenolic OH excluding ortho intramolecular Hbond substituents is 1. The van der Waals surface area contributed by atoms with Crippen molar-refractivity contribution in [2.45, 2.75) is 13.8 Å². The molecule has 2 rings (SSSR count). The van der Waals surface area contributed by atoms with Crippen molar-refractivity contribution >= 4 is 21.7 Å². The molecule has 3 heteroatoms. The molecule has 0 aliphatic carbocycles. The Bertz CT molecular complexity index is 577. The van der Waals surface area contributed by atoms with E-state index in [9.17, 15) is 9.90 Å². The van der Waals surface area contributed by atoms with Gasteiger partial charge in [0, 0.05) is 4.47 Å². The van der Waals surface area contributed by atoms with Gasteiger partial charge in [-0.05, 0) is 48.7 Å². The molecule has 0 saturated carbocycles. The number of hydrogen-bond donors (Lipinski definition) is 1. The first-order chi connectivity index (χ1) is 8.49. The molecule has 0 aliphatic rings. The van der Waals surface area contributed by atoms with E-state index in [1.165, 1.54) is 6.92 Å². The first kappa shape index (κ1) is 12.8. The summed E-state index contributed by atoms with van der Waals surface area (Å²) in [5, 5.41) is 9.93. The smallest absolute Gasteiger partial charge is 0.163 e. The number of carbonyl (C=O) groups is 1. The lowest BCUT2D eigenvalue weighted by atomic mass is 9.97. The summed E-state index contributed by atoms with van der Waals surface area (Å²) in [6, 6.07) is 11.4. The maximum atomic E-state index is 11.4. The quantitative estimate of drug-likeness (QED) is 0.838. The number of aryl methyl sites for hydroxylation is 1. The van der Waals surface area contributed by atoms with Crippen LogP contribution in [0.15, 0.2) is 40.9 Å². The standard InChI is InChI=1S/C15H13BrO2/c1-9-7-12(8-14(18)15(9)10(2)17)11-3-5-13(16)6-4-11/h3-8,18H,1-2H3. The molecule has 2 nitrogen and oxygen atoms in total. The van der Waals surface area contributed by atoms with E-state index in [2.05, 4.69) is 15.9 Å². The molecule has 92 valence electrons. The van der Waals surface area contributed by atoms with E-state index >= 15 is 0 Å². The second-order valence-corrected chi connectivity index (χ2v) is 5.17. The zero-order valence-corrected chi connectivity index (χ0v) is 11.8. The van der Waals surface area contributed by atoms with Crippen LogP contribution in [-0.4, -0.2) is 10.9 Å². The summed E-state index contributed by atoms with van der Waals surface area (Å²) in [4.78, 5) is 11.4. The van der Waals surface area contributed by atoms with E-state index in [0.717, 1.165) is 21.2 Å². The number of Topliss-reactive ketones (excluding diaryl/α,β-unsaturated/α-hetero) is 1. The lowest BCUT2D eigenvalue weighted by molar-refractivity contribution is 0.101. The molecular weight excluding hydrogens is 292 g/mol. The minimum Gasteiger partial charge on any atom is -0.507 e. The van der Waals surface area contributed by atoms with Crippen molar-refractivity contribution in [2.24, 2.45) is 0 Å². The van der Waals surface area contributed by atoms with Crippen molar-refractivity contribution in [3.05, 3.63) is 52.0 Å². The molecule has 0 radical (unpaired) electrons.